The van der Waals surface area contributed by atoms with E-state index in [1.54, 1.807) is 13.0 Å². The maximum absolute atomic E-state index is 11.2. The minimum absolute atomic E-state index is 0.316. The van der Waals surface area contributed by atoms with Crippen LogP contribution in [-0.4, -0.2) is 12.6 Å². The van der Waals surface area contributed by atoms with Crippen molar-refractivity contribution in [2.45, 2.75) is 13.5 Å². The molecule has 0 aliphatic rings. The number of hydrogen-bond donors (Lipinski definition) is 1. The number of carbonyl (C=O) groups is 1. The summed E-state index contributed by atoms with van der Waals surface area (Å²) in [5, 5.41) is 3.36. The molecule has 0 saturated heterocycles. The van der Waals surface area contributed by atoms with Crippen molar-refractivity contribution < 1.29 is 9.53 Å². The zero-order valence-corrected chi connectivity index (χ0v) is 12.1. The first-order valence-corrected chi connectivity index (χ1v) is 7.00. The van der Waals surface area contributed by atoms with Gasteiger partial charge >= 0.3 is 5.97 Å². The van der Waals surface area contributed by atoms with Gasteiger partial charge in [-0.05, 0) is 36.3 Å². The predicted molar refractivity (Wildman–Crippen MR) is 85.9 cm³/mol. The standard InChI is InChI=1S/C18H19NO2/c1-2-21-18(20)13-10-15-8-11-17(12-9-15)19-14-16-6-4-3-5-7-16/h3-13,19H,2,14H2,1H3. The Kier molecular flexibility index (Phi) is 5.59. The first kappa shape index (κ1) is 14.9. The van der Waals surface area contributed by atoms with Gasteiger partial charge in [0.2, 0.25) is 0 Å². The zero-order valence-electron chi connectivity index (χ0n) is 12.1. The Morgan fingerprint density at radius 1 is 1.10 bits per heavy atom. The second kappa shape index (κ2) is 7.90. The number of nitrogens with one attached hydrogen (secondary N) is 1. The molecule has 2 aromatic rings. The predicted octanol–water partition coefficient (Wildman–Crippen LogP) is 3.88. The smallest absolute Gasteiger partial charge is 0.330 e. The lowest BCUT2D eigenvalue weighted by molar-refractivity contribution is -0.137. The molecule has 21 heavy (non-hydrogen) atoms. The van der Waals surface area contributed by atoms with Crippen molar-refractivity contribution in [3.05, 3.63) is 71.8 Å². The Labute approximate surface area is 125 Å². The second-order valence-electron chi connectivity index (χ2n) is 4.55. The van der Waals surface area contributed by atoms with Crippen LogP contribution in [0.1, 0.15) is 18.1 Å². The van der Waals surface area contributed by atoms with Crippen LogP contribution in [0.25, 0.3) is 6.08 Å². The Balaban J connectivity index is 1.88. The number of carbonyl (C=O) groups excluding carboxylic acids is 1. The van der Waals surface area contributed by atoms with E-state index < -0.39 is 0 Å². The molecule has 0 radical (unpaired) electrons. The maximum Gasteiger partial charge on any atom is 0.330 e. The van der Waals surface area contributed by atoms with Crippen LogP contribution in [0.3, 0.4) is 0 Å². The van der Waals surface area contributed by atoms with Gasteiger partial charge in [-0.25, -0.2) is 4.79 Å². The third-order valence-electron chi connectivity index (χ3n) is 2.95. The van der Waals surface area contributed by atoms with Gasteiger partial charge in [0.05, 0.1) is 6.61 Å². The summed E-state index contributed by atoms with van der Waals surface area (Å²) in [5.41, 5.74) is 3.25. The van der Waals surface area contributed by atoms with E-state index in [1.165, 1.54) is 11.6 Å². The highest BCUT2D eigenvalue weighted by Gasteiger charge is 1.96. The van der Waals surface area contributed by atoms with Gasteiger partial charge in [-0.2, -0.15) is 0 Å². The summed E-state index contributed by atoms with van der Waals surface area (Å²) < 4.78 is 4.84. The molecule has 3 nitrogen and oxygen atoms in total. The van der Waals surface area contributed by atoms with Crippen molar-refractivity contribution in [1.29, 1.82) is 0 Å². The molecule has 0 aromatic heterocycles. The molecule has 0 bridgehead atoms. The van der Waals surface area contributed by atoms with Gasteiger partial charge in [-0.3, -0.25) is 0 Å². The lowest BCUT2D eigenvalue weighted by Crippen LogP contribution is -1.99. The molecule has 0 heterocycles. The summed E-state index contributed by atoms with van der Waals surface area (Å²) in [7, 11) is 0. The van der Waals surface area contributed by atoms with Gasteiger partial charge in [-0.1, -0.05) is 42.5 Å². The van der Waals surface area contributed by atoms with E-state index in [-0.39, 0.29) is 5.97 Å². The first-order chi connectivity index (χ1) is 10.3. The highest BCUT2D eigenvalue weighted by molar-refractivity contribution is 5.87. The molecule has 1 N–H and O–H groups in total. The largest absolute Gasteiger partial charge is 0.463 e. The fraction of sp³-hybridized carbons (Fsp3) is 0.167. The van der Waals surface area contributed by atoms with Gasteiger partial charge in [0, 0.05) is 18.3 Å². The van der Waals surface area contributed by atoms with Crippen LogP contribution in [0, 0.1) is 0 Å². The molecule has 0 saturated carbocycles. The van der Waals surface area contributed by atoms with Crippen molar-refractivity contribution in [2.24, 2.45) is 0 Å². The highest BCUT2D eigenvalue weighted by Crippen LogP contribution is 2.12. The van der Waals surface area contributed by atoms with E-state index in [9.17, 15) is 4.79 Å². The number of hydrogen-bond acceptors (Lipinski definition) is 3. The van der Waals surface area contributed by atoms with E-state index in [0.717, 1.165) is 17.8 Å². The molecule has 0 atom stereocenters. The van der Waals surface area contributed by atoms with Crippen LogP contribution in [0.15, 0.2) is 60.7 Å². The molecular formula is C18H19NO2. The van der Waals surface area contributed by atoms with E-state index in [2.05, 4.69) is 17.4 Å². The fourth-order valence-electron chi connectivity index (χ4n) is 1.87. The van der Waals surface area contributed by atoms with Gasteiger partial charge in [0.1, 0.15) is 0 Å². The molecule has 0 aliphatic heterocycles. The molecule has 0 spiro atoms. The molecular weight excluding hydrogens is 262 g/mol. The van der Waals surface area contributed by atoms with Crippen LogP contribution in [-0.2, 0) is 16.1 Å². The number of benzene rings is 2. The monoisotopic (exact) mass is 281 g/mol. The summed E-state index contributed by atoms with van der Waals surface area (Å²) in [6.07, 6.45) is 3.19. The average molecular weight is 281 g/mol. The quantitative estimate of drug-likeness (QED) is 0.645. The second-order valence-corrected chi connectivity index (χ2v) is 4.55. The van der Waals surface area contributed by atoms with Gasteiger partial charge < -0.3 is 10.1 Å². The van der Waals surface area contributed by atoms with E-state index in [4.69, 9.17) is 4.74 Å². The molecule has 2 aromatic carbocycles. The van der Waals surface area contributed by atoms with Gasteiger partial charge in [0.15, 0.2) is 0 Å². The fourth-order valence-corrected chi connectivity index (χ4v) is 1.87. The molecule has 3 heteroatoms. The maximum atomic E-state index is 11.2. The van der Waals surface area contributed by atoms with Gasteiger partial charge in [-0.15, -0.1) is 0 Å². The molecule has 0 amide bonds. The van der Waals surface area contributed by atoms with E-state index >= 15 is 0 Å². The molecule has 108 valence electrons. The van der Waals surface area contributed by atoms with E-state index in [0.29, 0.717) is 6.61 Å². The summed E-state index contributed by atoms with van der Waals surface area (Å²) in [6, 6.07) is 18.1. The number of ether oxygens (including phenoxy) is 1. The lowest BCUT2D eigenvalue weighted by atomic mass is 10.2. The third kappa shape index (κ3) is 5.15. The zero-order chi connectivity index (χ0) is 14.9. The summed E-state index contributed by atoms with van der Waals surface area (Å²) in [6.45, 7) is 2.98. The third-order valence-corrected chi connectivity index (χ3v) is 2.95. The van der Waals surface area contributed by atoms with Gasteiger partial charge in [0.25, 0.3) is 0 Å². The summed E-state index contributed by atoms with van der Waals surface area (Å²) in [5.74, 6) is -0.316. The normalized spacial score (nSPS) is 10.5. The van der Waals surface area contributed by atoms with Crippen molar-refractivity contribution in [3.63, 3.8) is 0 Å². The Hall–Kier alpha value is -2.55. The molecule has 0 aliphatic carbocycles. The van der Waals surface area contributed by atoms with Crippen LogP contribution in [0.2, 0.25) is 0 Å². The lowest BCUT2D eigenvalue weighted by Gasteiger charge is -2.06. The molecule has 2 rings (SSSR count). The van der Waals surface area contributed by atoms with Crippen molar-refractivity contribution in [2.75, 3.05) is 11.9 Å². The summed E-state index contributed by atoms with van der Waals surface area (Å²) in [4.78, 5) is 11.2. The Morgan fingerprint density at radius 2 is 1.81 bits per heavy atom. The SMILES string of the molecule is CCOC(=O)C=Cc1ccc(NCc2ccccc2)cc1. The van der Waals surface area contributed by atoms with Crippen molar-refractivity contribution >= 4 is 17.7 Å². The van der Waals surface area contributed by atoms with E-state index in [1.807, 2.05) is 42.5 Å². The van der Waals surface area contributed by atoms with Crippen LogP contribution in [0.5, 0.6) is 0 Å². The summed E-state index contributed by atoms with van der Waals surface area (Å²) >= 11 is 0. The average Bonchev–Trinajstić information content (AvgIpc) is 2.53. The minimum Gasteiger partial charge on any atom is -0.463 e. The van der Waals surface area contributed by atoms with Crippen LogP contribution in [0.4, 0.5) is 5.69 Å². The van der Waals surface area contributed by atoms with Crippen LogP contribution >= 0.6 is 0 Å². The Bertz CT molecular complexity index is 588. The van der Waals surface area contributed by atoms with Crippen molar-refractivity contribution in [1.82, 2.24) is 0 Å². The minimum atomic E-state index is -0.316. The Morgan fingerprint density at radius 3 is 2.48 bits per heavy atom. The number of esters is 1. The van der Waals surface area contributed by atoms with Crippen molar-refractivity contribution in [3.8, 4) is 0 Å². The topological polar surface area (TPSA) is 38.3 Å². The number of rotatable bonds is 6. The molecule has 0 fully saturated rings. The molecule has 0 unspecified atom stereocenters. The number of anilines is 1. The highest BCUT2D eigenvalue weighted by atomic mass is 16.5. The van der Waals surface area contributed by atoms with Crippen LogP contribution < -0.4 is 5.32 Å². The first-order valence-electron chi connectivity index (χ1n) is 7.00.